The Balaban J connectivity index is 2.69. The lowest BCUT2D eigenvalue weighted by atomic mass is 10.3. The van der Waals surface area contributed by atoms with Crippen LogP contribution in [0, 0.1) is 30.6 Å². The Morgan fingerprint density at radius 1 is 1.85 bits per heavy atom. The molecule has 1 heterocycles. The number of terminal acetylenes is 1. The molecule has 0 fully saturated rings. The van der Waals surface area contributed by atoms with Gasteiger partial charge < -0.3 is 0 Å². The van der Waals surface area contributed by atoms with Crippen molar-refractivity contribution in [2.75, 3.05) is 6.54 Å². The Morgan fingerprint density at radius 3 is 3.08 bits per heavy atom. The largest absolute Gasteiger partial charge is 0.285 e. The predicted molar refractivity (Wildman–Crippen MR) is 52.0 cm³/mol. The molecule has 0 aliphatic heterocycles. The van der Waals surface area contributed by atoms with Crippen LogP contribution in [0.4, 0.5) is 0 Å². The topological polar surface area (TPSA) is 48.7 Å². The fraction of sp³-hybridized carbons (Fsp3) is 0.333. The average Bonchev–Trinajstić information content (AvgIpc) is 2.54. The molecular formula is C9H9N3S. The minimum absolute atomic E-state index is 0.380. The van der Waals surface area contributed by atoms with Crippen LogP contribution in [0.5, 0.6) is 0 Å². The third kappa shape index (κ3) is 2.55. The molecule has 3 nitrogen and oxygen atoms in total. The standard InChI is InChI=1S/C9H9N3S/c1-3-4-11-8(5-10)9-12-7(2)6-13-9/h1,6,8,11H,4H2,2H3. The van der Waals surface area contributed by atoms with E-state index in [0.717, 1.165) is 10.7 Å². The molecule has 4 heteroatoms. The summed E-state index contributed by atoms with van der Waals surface area (Å²) in [6.07, 6.45) is 5.08. The van der Waals surface area contributed by atoms with Crippen molar-refractivity contribution in [1.82, 2.24) is 10.3 Å². The van der Waals surface area contributed by atoms with Crippen LogP contribution < -0.4 is 5.32 Å². The van der Waals surface area contributed by atoms with Crippen molar-refractivity contribution in [1.29, 1.82) is 5.26 Å². The number of aryl methyl sites for hydroxylation is 1. The van der Waals surface area contributed by atoms with Crippen LogP contribution in [0.1, 0.15) is 16.7 Å². The Bertz CT molecular complexity index is 356. The SMILES string of the molecule is C#CCNC(C#N)c1nc(C)cs1. The number of aromatic nitrogens is 1. The van der Waals surface area contributed by atoms with Crippen LogP contribution in [0.15, 0.2) is 5.38 Å². The Morgan fingerprint density at radius 2 is 2.62 bits per heavy atom. The van der Waals surface area contributed by atoms with E-state index < -0.39 is 0 Å². The van der Waals surface area contributed by atoms with Crippen LogP contribution in [0.3, 0.4) is 0 Å². The second-order valence-corrected chi connectivity index (χ2v) is 3.36. The highest BCUT2D eigenvalue weighted by Crippen LogP contribution is 2.16. The summed E-state index contributed by atoms with van der Waals surface area (Å²) in [5.74, 6) is 2.42. The van der Waals surface area contributed by atoms with Gasteiger partial charge in [0.25, 0.3) is 0 Å². The van der Waals surface area contributed by atoms with Crippen molar-refractivity contribution in [3.05, 3.63) is 16.1 Å². The highest BCUT2D eigenvalue weighted by molar-refractivity contribution is 7.09. The first kappa shape index (κ1) is 9.73. The number of hydrogen-bond donors (Lipinski definition) is 1. The van der Waals surface area contributed by atoms with Gasteiger partial charge in [0, 0.05) is 11.1 Å². The molecule has 0 saturated carbocycles. The Labute approximate surface area is 81.4 Å². The maximum Gasteiger partial charge on any atom is 0.148 e. The van der Waals surface area contributed by atoms with Crippen LogP contribution in [-0.4, -0.2) is 11.5 Å². The van der Waals surface area contributed by atoms with E-state index in [0.29, 0.717) is 6.54 Å². The minimum atomic E-state index is -0.380. The molecule has 66 valence electrons. The monoisotopic (exact) mass is 191 g/mol. The zero-order valence-electron chi connectivity index (χ0n) is 7.24. The molecule has 0 spiro atoms. The number of nitriles is 1. The number of nitrogens with one attached hydrogen (secondary N) is 1. The minimum Gasteiger partial charge on any atom is -0.285 e. The summed E-state index contributed by atoms with van der Waals surface area (Å²) in [4.78, 5) is 4.20. The molecule has 13 heavy (non-hydrogen) atoms. The lowest BCUT2D eigenvalue weighted by molar-refractivity contribution is 0.684. The summed E-state index contributed by atoms with van der Waals surface area (Å²) in [6.45, 7) is 2.28. The van der Waals surface area contributed by atoms with Gasteiger partial charge >= 0.3 is 0 Å². The van der Waals surface area contributed by atoms with Crippen molar-refractivity contribution < 1.29 is 0 Å². The summed E-state index contributed by atoms with van der Waals surface area (Å²) in [5, 5.41) is 14.4. The molecule has 0 bridgehead atoms. The molecule has 1 aromatic heterocycles. The van der Waals surface area contributed by atoms with E-state index in [1.165, 1.54) is 11.3 Å². The fourth-order valence-electron chi connectivity index (χ4n) is 0.854. The predicted octanol–water partition coefficient (Wildman–Crippen LogP) is 1.24. The third-order valence-corrected chi connectivity index (χ3v) is 2.45. The quantitative estimate of drug-likeness (QED) is 0.731. The van der Waals surface area contributed by atoms with E-state index in [-0.39, 0.29) is 6.04 Å². The summed E-state index contributed by atoms with van der Waals surface area (Å²) in [6, 6.07) is 1.73. The van der Waals surface area contributed by atoms with E-state index in [9.17, 15) is 0 Å². The molecule has 1 aromatic rings. The van der Waals surface area contributed by atoms with Gasteiger partial charge in [0.2, 0.25) is 0 Å². The molecule has 1 atom stereocenters. The summed E-state index contributed by atoms with van der Waals surface area (Å²) < 4.78 is 0. The van der Waals surface area contributed by atoms with E-state index in [4.69, 9.17) is 11.7 Å². The molecule has 0 saturated heterocycles. The van der Waals surface area contributed by atoms with E-state index >= 15 is 0 Å². The van der Waals surface area contributed by atoms with Gasteiger partial charge in [-0.2, -0.15) is 5.26 Å². The summed E-state index contributed by atoms with van der Waals surface area (Å²) in [7, 11) is 0. The molecule has 0 aliphatic rings. The lowest BCUT2D eigenvalue weighted by Gasteiger charge is -2.04. The normalized spacial score (nSPS) is 11.6. The van der Waals surface area contributed by atoms with Gasteiger partial charge in [-0.3, -0.25) is 5.32 Å². The molecule has 1 rings (SSSR count). The highest BCUT2D eigenvalue weighted by Gasteiger charge is 2.12. The first-order valence-corrected chi connectivity index (χ1v) is 4.64. The van der Waals surface area contributed by atoms with Crippen LogP contribution >= 0.6 is 11.3 Å². The Kier molecular flexibility index (Phi) is 3.45. The second-order valence-electron chi connectivity index (χ2n) is 2.47. The van der Waals surface area contributed by atoms with Gasteiger partial charge in [-0.15, -0.1) is 17.8 Å². The van der Waals surface area contributed by atoms with Gasteiger partial charge in [0.15, 0.2) is 0 Å². The average molecular weight is 191 g/mol. The lowest BCUT2D eigenvalue weighted by Crippen LogP contribution is -2.19. The molecule has 1 unspecified atom stereocenters. The van der Waals surface area contributed by atoms with Gasteiger partial charge in [-0.25, -0.2) is 4.98 Å². The van der Waals surface area contributed by atoms with E-state index in [2.05, 4.69) is 22.3 Å². The molecule has 1 N–H and O–H groups in total. The van der Waals surface area contributed by atoms with Gasteiger partial charge in [0.1, 0.15) is 11.0 Å². The van der Waals surface area contributed by atoms with Crippen LogP contribution in [-0.2, 0) is 0 Å². The first-order chi connectivity index (χ1) is 6.27. The maximum absolute atomic E-state index is 8.80. The smallest absolute Gasteiger partial charge is 0.148 e. The molecule has 0 amide bonds. The van der Waals surface area contributed by atoms with E-state index in [1.54, 1.807) is 0 Å². The van der Waals surface area contributed by atoms with Crippen molar-refractivity contribution in [3.8, 4) is 18.4 Å². The summed E-state index contributed by atoms with van der Waals surface area (Å²) >= 11 is 1.47. The van der Waals surface area contributed by atoms with Crippen molar-refractivity contribution >= 4 is 11.3 Å². The van der Waals surface area contributed by atoms with Crippen LogP contribution in [0.2, 0.25) is 0 Å². The fourth-order valence-corrected chi connectivity index (χ4v) is 1.67. The molecule has 0 aromatic carbocycles. The van der Waals surface area contributed by atoms with Crippen LogP contribution in [0.25, 0.3) is 0 Å². The number of rotatable bonds is 3. The third-order valence-electron chi connectivity index (χ3n) is 1.42. The molecular weight excluding hydrogens is 182 g/mol. The van der Waals surface area contributed by atoms with Crippen molar-refractivity contribution in [2.45, 2.75) is 13.0 Å². The van der Waals surface area contributed by atoms with Crippen molar-refractivity contribution in [2.24, 2.45) is 0 Å². The first-order valence-electron chi connectivity index (χ1n) is 3.76. The molecule has 0 aliphatic carbocycles. The van der Waals surface area contributed by atoms with E-state index in [1.807, 2.05) is 12.3 Å². The summed E-state index contributed by atoms with van der Waals surface area (Å²) in [5.41, 5.74) is 0.933. The number of nitrogens with zero attached hydrogens (tertiary/aromatic N) is 2. The van der Waals surface area contributed by atoms with Gasteiger partial charge in [0.05, 0.1) is 12.6 Å². The zero-order valence-corrected chi connectivity index (χ0v) is 8.06. The maximum atomic E-state index is 8.80. The van der Waals surface area contributed by atoms with Crippen molar-refractivity contribution in [3.63, 3.8) is 0 Å². The zero-order chi connectivity index (χ0) is 9.68. The molecule has 0 radical (unpaired) electrons. The van der Waals surface area contributed by atoms with Gasteiger partial charge in [-0.1, -0.05) is 5.92 Å². The second kappa shape index (κ2) is 4.61. The highest BCUT2D eigenvalue weighted by atomic mass is 32.1. The number of hydrogen-bond acceptors (Lipinski definition) is 4. The number of thiazole rings is 1. The van der Waals surface area contributed by atoms with Gasteiger partial charge in [-0.05, 0) is 6.92 Å². The Hall–Kier alpha value is -1.36.